The van der Waals surface area contributed by atoms with Crippen molar-refractivity contribution in [2.24, 2.45) is 0 Å². The van der Waals surface area contributed by atoms with Crippen molar-refractivity contribution in [2.75, 3.05) is 0 Å². The molecule has 0 spiro atoms. The average Bonchev–Trinajstić information content (AvgIpc) is 2.74. The van der Waals surface area contributed by atoms with E-state index in [0.717, 1.165) is 0 Å². The highest BCUT2D eigenvalue weighted by Crippen LogP contribution is 2.11. The molecule has 0 amide bonds. The second-order valence-corrected chi connectivity index (χ2v) is 2.77. The quantitative estimate of drug-likeness (QED) is 0.574. The molecule has 0 heteroatoms. The van der Waals surface area contributed by atoms with Crippen LogP contribution < -0.4 is 0 Å². The fraction of sp³-hybridized carbons (Fsp3) is 0. The van der Waals surface area contributed by atoms with Crippen molar-refractivity contribution in [1.82, 2.24) is 0 Å². The van der Waals surface area contributed by atoms with E-state index in [1.807, 2.05) is 24.3 Å². The Morgan fingerprint density at radius 1 is 1.25 bits per heavy atom. The van der Waals surface area contributed by atoms with Crippen LogP contribution in [0.4, 0.5) is 0 Å². The first kappa shape index (κ1) is 7.11. The van der Waals surface area contributed by atoms with Crippen molar-refractivity contribution >= 4 is 0 Å². The van der Waals surface area contributed by atoms with Crippen molar-refractivity contribution in [2.45, 2.75) is 0 Å². The molecule has 0 unspecified atom stereocenters. The smallest absolute Gasteiger partial charge is 0.0810 e. The molecule has 1 aliphatic carbocycles. The van der Waals surface area contributed by atoms with Crippen LogP contribution in [0.2, 0.25) is 0 Å². The van der Waals surface area contributed by atoms with Crippen LogP contribution in [-0.4, -0.2) is 0 Å². The number of rotatable bonds is 2. The van der Waals surface area contributed by atoms with Gasteiger partial charge < -0.3 is 0 Å². The highest BCUT2D eigenvalue weighted by Gasteiger charge is 1.79. The molecule has 12 heavy (non-hydrogen) atoms. The molecular weight excluding hydrogens is 144 g/mol. The molecule has 0 heterocycles. The van der Waals surface area contributed by atoms with Crippen LogP contribution in [0, 0.1) is 6.42 Å². The molecule has 1 aromatic rings. The van der Waals surface area contributed by atoms with E-state index in [1.54, 1.807) is 0 Å². The largest absolute Gasteiger partial charge is 0.271 e. The highest BCUT2D eigenvalue weighted by atomic mass is 14.0. The highest BCUT2D eigenvalue weighted by molar-refractivity contribution is 5.43. The van der Waals surface area contributed by atoms with E-state index in [-0.39, 0.29) is 0 Å². The number of hydrogen-bond acceptors (Lipinski definition) is 0. The Labute approximate surface area is 72.9 Å². The molecule has 0 bridgehead atoms. The van der Waals surface area contributed by atoms with Crippen molar-refractivity contribution < 1.29 is 0 Å². The zero-order chi connectivity index (χ0) is 8.23. The molecule has 2 rings (SSSR count). The molecule has 0 aliphatic heterocycles. The van der Waals surface area contributed by atoms with Gasteiger partial charge in [0.2, 0.25) is 0 Å². The van der Waals surface area contributed by atoms with Gasteiger partial charge in [0.15, 0.2) is 0 Å². The zero-order valence-corrected chi connectivity index (χ0v) is 6.77. The van der Waals surface area contributed by atoms with Gasteiger partial charge >= 0.3 is 0 Å². The summed E-state index contributed by atoms with van der Waals surface area (Å²) >= 11 is 0. The van der Waals surface area contributed by atoms with Gasteiger partial charge in [-0.15, -0.1) is 12.2 Å². The Morgan fingerprint density at radius 2 is 2.08 bits per heavy atom. The zero-order valence-electron chi connectivity index (χ0n) is 6.77. The van der Waals surface area contributed by atoms with Gasteiger partial charge in [0.05, 0.1) is 0 Å². The lowest BCUT2D eigenvalue weighted by Crippen LogP contribution is -1.72. The molecule has 0 saturated heterocycles. The van der Waals surface area contributed by atoms with Crippen molar-refractivity contribution in [3.8, 4) is 0 Å². The van der Waals surface area contributed by atoms with Crippen LogP contribution >= 0.6 is 0 Å². The molecule has 0 saturated carbocycles. The number of allylic oxidation sites excluding steroid dienone is 6. The monoisotopic (exact) mass is 154 g/mol. The maximum absolute atomic E-state index is 2.12. The van der Waals surface area contributed by atoms with E-state index in [4.69, 9.17) is 0 Å². The lowest BCUT2D eigenvalue weighted by molar-refractivity contribution is 1.57. The first-order valence-corrected chi connectivity index (χ1v) is 4.07. The Balaban J connectivity index is 2.02. The SMILES string of the molecule is C1=CC(=C[CH-]c2ccc[cH-]2)C=C1. The van der Waals surface area contributed by atoms with Gasteiger partial charge in [0.25, 0.3) is 0 Å². The summed E-state index contributed by atoms with van der Waals surface area (Å²) in [5.74, 6) is 0. The van der Waals surface area contributed by atoms with E-state index >= 15 is 0 Å². The van der Waals surface area contributed by atoms with Crippen LogP contribution in [-0.2, 0) is 0 Å². The maximum atomic E-state index is 2.12. The maximum Gasteiger partial charge on any atom is -0.0810 e. The van der Waals surface area contributed by atoms with Gasteiger partial charge in [0.1, 0.15) is 0 Å². The summed E-state index contributed by atoms with van der Waals surface area (Å²) < 4.78 is 0. The average molecular weight is 154 g/mol. The summed E-state index contributed by atoms with van der Waals surface area (Å²) in [6.45, 7) is 0. The van der Waals surface area contributed by atoms with Crippen LogP contribution in [0.1, 0.15) is 5.56 Å². The second-order valence-electron chi connectivity index (χ2n) is 2.77. The van der Waals surface area contributed by atoms with E-state index in [9.17, 15) is 0 Å². The minimum atomic E-state index is 1.26. The molecule has 0 nitrogen and oxygen atoms in total. The van der Waals surface area contributed by atoms with E-state index in [1.165, 1.54) is 11.1 Å². The lowest BCUT2D eigenvalue weighted by Gasteiger charge is -2.08. The molecule has 60 valence electrons. The van der Waals surface area contributed by atoms with E-state index in [0.29, 0.717) is 0 Å². The summed E-state index contributed by atoms with van der Waals surface area (Å²) in [4.78, 5) is 0. The molecule has 0 N–H and O–H groups in total. The summed E-state index contributed by atoms with van der Waals surface area (Å²) in [5, 5.41) is 0. The Kier molecular flexibility index (Phi) is 1.91. The first-order valence-electron chi connectivity index (χ1n) is 4.07. The summed E-state index contributed by atoms with van der Waals surface area (Å²) in [6, 6.07) is 8.29. The molecule has 1 aromatic carbocycles. The molecule has 0 radical (unpaired) electrons. The Morgan fingerprint density at radius 3 is 2.75 bits per heavy atom. The fourth-order valence-corrected chi connectivity index (χ4v) is 1.19. The summed E-state index contributed by atoms with van der Waals surface area (Å²) in [6.07, 6.45) is 12.5. The van der Waals surface area contributed by atoms with Crippen LogP contribution in [0.25, 0.3) is 0 Å². The predicted molar refractivity (Wildman–Crippen MR) is 51.8 cm³/mol. The number of hydrogen-bond donors (Lipinski definition) is 0. The third kappa shape index (κ3) is 1.54. The fourth-order valence-electron chi connectivity index (χ4n) is 1.19. The third-order valence-electron chi connectivity index (χ3n) is 1.85. The van der Waals surface area contributed by atoms with Gasteiger partial charge in [-0.05, 0) is 0 Å². The summed E-state index contributed by atoms with van der Waals surface area (Å²) in [7, 11) is 0. The molecule has 0 aromatic heterocycles. The van der Waals surface area contributed by atoms with Gasteiger partial charge in [-0.25, -0.2) is 24.6 Å². The van der Waals surface area contributed by atoms with Crippen molar-refractivity contribution in [3.63, 3.8) is 0 Å². The summed E-state index contributed by atoms with van der Waals surface area (Å²) in [5.41, 5.74) is 2.52. The van der Waals surface area contributed by atoms with Gasteiger partial charge in [-0.3, -0.25) is 5.56 Å². The lowest BCUT2D eigenvalue weighted by atomic mass is 10.2. The van der Waals surface area contributed by atoms with Crippen LogP contribution in [0.3, 0.4) is 0 Å². The molecule has 1 aliphatic rings. The van der Waals surface area contributed by atoms with Gasteiger partial charge in [-0.1, -0.05) is 12.2 Å². The minimum Gasteiger partial charge on any atom is -0.271 e. The standard InChI is InChI=1S/C12H10/c1-2-6-11(5-1)9-10-12-7-3-4-8-12/h1-10H/q-2. The first-order chi connectivity index (χ1) is 5.95. The van der Waals surface area contributed by atoms with Crippen LogP contribution in [0.15, 0.2) is 60.2 Å². The Bertz CT molecular complexity index is 307. The second kappa shape index (κ2) is 3.22. The van der Waals surface area contributed by atoms with Crippen LogP contribution in [0.5, 0.6) is 0 Å². The van der Waals surface area contributed by atoms with E-state index < -0.39 is 0 Å². The molecular formula is C12H10-2. The Hall–Kier alpha value is -1.56. The molecule has 0 atom stereocenters. The topological polar surface area (TPSA) is 0 Å². The predicted octanol–water partition coefficient (Wildman–Crippen LogP) is 3.01. The normalized spacial score (nSPS) is 13.8. The van der Waals surface area contributed by atoms with E-state index in [2.05, 4.69) is 36.8 Å². The minimum absolute atomic E-state index is 1.26. The van der Waals surface area contributed by atoms with Crippen molar-refractivity contribution in [3.05, 3.63) is 72.2 Å². The van der Waals surface area contributed by atoms with Crippen molar-refractivity contribution in [1.29, 1.82) is 0 Å². The molecule has 0 fully saturated rings. The van der Waals surface area contributed by atoms with Gasteiger partial charge in [-0.2, -0.15) is 17.7 Å². The third-order valence-corrected chi connectivity index (χ3v) is 1.85. The van der Waals surface area contributed by atoms with Gasteiger partial charge in [0, 0.05) is 0 Å².